The highest BCUT2D eigenvalue weighted by atomic mass is 32.1. The molecular weight excluding hydrogens is 236 g/mol. The molecule has 0 bridgehead atoms. The van der Waals surface area contributed by atoms with E-state index in [0.29, 0.717) is 6.54 Å². The van der Waals surface area contributed by atoms with Gasteiger partial charge in [-0.3, -0.25) is 4.40 Å². The first kappa shape index (κ1) is 10.4. The number of hydrogen-bond acceptors (Lipinski definition) is 5. The fourth-order valence-corrected chi connectivity index (χ4v) is 2.34. The Hall–Kier alpha value is -1.73. The minimum Gasteiger partial charge on any atom is -0.323 e. The van der Waals surface area contributed by atoms with Gasteiger partial charge in [0.2, 0.25) is 0 Å². The molecule has 0 saturated carbocycles. The van der Waals surface area contributed by atoms with E-state index in [2.05, 4.69) is 15.3 Å². The van der Waals surface area contributed by atoms with Crippen LogP contribution in [0.1, 0.15) is 24.4 Å². The van der Waals surface area contributed by atoms with Crippen molar-refractivity contribution in [1.82, 2.24) is 24.4 Å². The van der Waals surface area contributed by atoms with Crippen LogP contribution in [0.5, 0.6) is 0 Å². The molecule has 3 rings (SSSR count). The van der Waals surface area contributed by atoms with Gasteiger partial charge in [-0.2, -0.15) is 0 Å². The Morgan fingerprint density at radius 3 is 3.06 bits per heavy atom. The Kier molecular flexibility index (Phi) is 2.41. The zero-order valence-electron chi connectivity index (χ0n) is 9.32. The molecule has 1 atom stereocenters. The summed E-state index contributed by atoms with van der Waals surface area (Å²) in [7, 11) is 0. The van der Waals surface area contributed by atoms with Gasteiger partial charge in [0.25, 0.3) is 0 Å². The second-order valence-electron chi connectivity index (χ2n) is 3.95. The molecule has 0 radical (unpaired) electrons. The maximum absolute atomic E-state index is 5.73. The first-order valence-electron chi connectivity index (χ1n) is 5.29. The molecule has 0 aromatic carbocycles. The summed E-state index contributed by atoms with van der Waals surface area (Å²) in [6, 6.07) is -0.0887. The Morgan fingerprint density at radius 2 is 2.35 bits per heavy atom. The zero-order chi connectivity index (χ0) is 11.8. The second-order valence-corrected chi connectivity index (χ2v) is 4.83. The Balaban J connectivity index is 1.84. The molecule has 1 unspecified atom stereocenters. The standard InChI is InChI=1S/C10H12N6S/c1-7(11)9-6-16(14-13-9)5-8-4-15-2-3-17-10(15)12-8/h2-4,6-7H,5,11H2,1H3. The number of nitrogens with zero attached hydrogens (tertiary/aromatic N) is 5. The van der Waals surface area contributed by atoms with Crippen LogP contribution in [-0.2, 0) is 6.54 Å². The van der Waals surface area contributed by atoms with Gasteiger partial charge < -0.3 is 5.73 Å². The maximum atomic E-state index is 5.73. The summed E-state index contributed by atoms with van der Waals surface area (Å²) in [4.78, 5) is 5.48. The van der Waals surface area contributed by atoms with Crippen LogP contribution >= 0.6 is 11.3 Å². The third-order valence-electron chi connectivity index (χ3n) is 2.49. The highest BCUT2D eigenvalue weighted by Crippen LogP contribution is 2.12. The molecule has 0 spiro atoms. The van der Waals surface area contributed by atoms with E-state index in [1.165, 1.54) is 0 Å². The van der Waals surface area contributed by atoms with Crippen molar-refractivity contribution >= 4 is 16.3 Å². The zero-order valence-corrected chi connectivity index (χ0v) is 10.1. The van der Waals surface area contributed by atoms with Crippen molar-refractivity contribution in [3.05, 3.63) is 35.4 Å². The maximum Gasteiger partial charge on any atom is 0.193 e. The molecule has 6 nitrogen and oxygen atoms in total. The third-order valence-corrected chi connectivity index (χ3v) is 3.26. The van der Waals surface area contributed by atoms with Crippen LogP contribution in [0.25, 0.3) is 4.96 Å². The van der Waals surface area contributed by atoms with Crippen LogP contribution in [0.15, 0.2) is 24.0 Å². The lowest BCUT2D eigenvalue weighted by molar-refractivity contribution is 0.640. The summed E-state index contributed by atoms with van der Waals surface area (Å²) in [6.07, 6.45) is 5.85. The molecule has 2 N–H and O–H groups in total. The highest BCUT2D eigenvalue weighted by molar-refractivity contribution is 7.15. The van der Waals surface area contributed by atoms with E-state index in [0.717, 1.165) is 16.3 Å². The van der Waals surface area contributed by atoms with Gasteiger partial charge in [-0.05, 0) is 6.92 Å². The number of hydrogen-bond donors (Lipinski definition) is 1. The average molecular weight is 248 g/mol. The summed E-state index contributed by atoms with van der Waals surface area (Å²) < 4.78 is 3.76. The third kappa shape index (κ3) is 1.94. The number of fused-ring (bicyclic) bond motifs is 1. The van der Waals surface area contributed by atoms with E-state index in [9.17, 15) is 0 Å². The van der Waals surface area contributed by atoms with Crippen LogP contribution in [0.4, 0.5) is 0 Å². The van der Waals surface area contributed by atoms with Crippen LogP contribution in [0, 0.1) is 0 Å². The second kappa shape index (κ2) is 3.94. The van der Waals surface area contributed by atoms with E-state index in [1.807, 2.05) is 35.3 Å². The first-order chi connectivity index (χ1) is 8.22. The molecule has 3 aromatic rings. The molecule has 0 fully saturated rings. The average Bonchev–Trinajstić information content (AvgIpc) is 2.91. The molecule has 88 valence electrons. The highest BCUT2D eigenvalue weighted by Gasteiger charge is 2.07. The molecule has 0 aliphatic heterocycles. The van der Waals surface area contributed by atoms with E-state index < -0.39 is 0 Å². The largest absolute Gasteiger partial charge is 0.323 e. The first-order valence-corrected chi connectivity index (χ1v) is 6.17. The molecule has 0 saturated heterocycles. The minimum absolute atomic E-state index is 0.0887. The van der Waals surface area contributed by atoms with E-state index in [1.54, 1.807) is 16.0 Å². The summed E-state index contributed by atoms with van der Waals surface area (Å²) in [5.74, 6) is 0. The summed E-state index contributed by atoms with van der Waals surface area (Å²) in [5, 5.41) is 10.0. The number of rotatable bonds is 3. The van der Waals surface area contributed by atoms with Gasteiger partial charge in [0.15, 0.2) is 4.96 Å². The van der Waals surface area contributed by atoms with Gasteiger partial charge in [-0.1, -0.05) is 5.21 Å². The van der Waals surface area contributed by atoms with Crippen molar-refractivity contribution in [3.63, 3.8) is 0 Å². The minimum atomic E-state index is -0.0887. The quantitative estimate of drug-likeness (QED) is 0.752. The van der Waals surface area contributed by atoms with Crippen molar-refractivity contribution in [1.29, 1.82) is 0 Å². The van der Waals surface area contributed by atoms with Crippen molar-refractivity contribution in [3.8, 4) is 0 Å². The molecule has 7 heteroatoms. The van der Waals surface area contributed by atoms with E-state index in [4.69, 9.17) is 5.73 Å². The van der Waals surface area contributed by atoms with Gasteiger partial charge in [-0.15, -0.1) is 16.4 Å². The molecule has 3 aromatic heterocycles. The Labute approximate surface area is 102 Å². The lowest BCUT2D eigenvalue weighted by Gasteiger charge is -1.96. The molecule has 3 heterocycles. The predicted molar refractivity (Wildman–Crippen MR) is 64.8 cm³/mol. The fourth-order valence-electron chi connectivity index (χ4n) is 1.62. The molecule has 0 aliphatic carbocycles. The van der Waals surface area contributed by atoms with E-state index >= 15 is 0 Å². The Bertz CT molecular complexity index is 605. The molecule has 0 amide bonds. The normalized spacial score (nSPS) is 13.3. The van der Waals surface area contributed by atoms with Gasteiger partial charge in [0.05, 0.1) is 24.1 Å². The topological polar surface area (TPSA) is 74.0 Å². The molecule has 17 heavy (non-hydrogen) atoms. The van der Waals surface area contributed by atoms with Crippen molar-refractivity contribution < 1.29 is 0 Å². The van der Waals surface area contributed by atoms with Crippen LogP contribution in [-0.4, -0.2) is 24.4 Å². The van der Waals surface area contributed by atoms with Gasteiger partial charge in [0.1, 0.15) is 0 Å². The summed E-state index contributed by atoms with van der Waals surface area (Å²) in [6.45, 7) is 2.51. The lowest BCUT2D eigenvalue weighted by atomic mass is 10.3. The van der Waals surface area contributed by atoms with Crippen LogP contribution in [0.2, 0.25) is 0 Å². The van der Waals surface area contributed by atoms with Gasteiger partial charge in [0, 0.05) is 23.8 Å². The summed E-state index contributed by atoms with van der Waals surface area (Å²) in [5.41, 5.74) is 7.50. The Morgan fingerprint density at radius 1 is 1.47 bits per heavy atom. The monoisotopic (exact) mass is 248 g/mol. The fraction of sp³-hybridized carbons (Fsp3) is 0.300. The summed E-state index contributed by atoms with van der Waals surface area (Å²) >= 11 is 1.62. The smallest absolute Gasteiger partial charge is 0.193 e. The van der Waals surface area contributed by atoms with Gasteiger partial charge >= 0.3 is 0 Å². The van der Waals surface area contributed by atoms with Crippen molar-refractivity contribution in [2.24, 2.45) is 5.73 Å². The SMILES string of the molecule is CC(N)c1cn(Cc2cn3ccsc3n2)nn1. The van der Waals surface area contributed by atoms with Crippen LogP contribution in [0.3, 0.4) is 0 Å². The van der Waals surface area contributed by atoms with Gasteiger partial charge in [-0.25, -0.2) is 9.67 Å². The molecule has 0 aliphatic rings. The van der Waals surface area contributed by atoms with Crippen molar-refractivity contribution in [2.75, 3.05) is 0 Å². The molecular formula is C10H12N6S. The number of nitrogens with two attached hydrogens (primary N) is 1. The number of imidazole rings is 1. The predicted octanol–water partition coefficient (Wildman–Crippen LogP) is 1.06. The lowest BCUT2D eigenvalue weighted by Crippen LogP contribution is -2.05. The van der Waals surface area contributed by atoms with Crippen molar-refractivity contribution in [2.45, 2.75) is 19.5 Å². The number of aromatic nitrogens is 5. The van der Waals surface area contributed by atoms with E-state index in [-0.39, 0.29) is 6.04 Å². The number of thiazole rings is 1. The van der Waals surface area contributed by atoms with Crippen LogP contribution < -0.4 is 5.73 Å².